The van der Waals surface area contributed by atoms with Crippen LogP contribution in [0.3, 0.4) is 0 Å². The highest BCUT2D eigenvalue weighted by Crippen LogP contribution is 2.26. The lowest BCUT2D eigenvalue weighted by Gasteiger charge is -2.26. The van der Waals surface area contributed by atoms with E-state index in [9.17, 15) is 25.0 Å². The highest BCUT2D eigenvalue weighted by Gasteiger charge is 2.26. The molecule has 8 nitrogen and oxygen atoms in total. The van der Waals surface area contributed by atoms with Gasteiger partial charge in [-0.3, -0.25) is 20.2 Å². The summed E-state index contributed by atoms with van der Waals surface area (Å²) in [4.78, 5) is 31.9. The molecule has 0 amide bonds. The molecule has 8 heteroatoms. The molecule has 0 radical (unpaired) electrons. The predicted octanol–water partition coefficient (Wildman–Crippen LogP) is 3.09. The van der Waals surface area contributed by atoms with Gasteiger partial charge >= 0.3 is 5.97 Å². The summed E-state index contributed by atoms with van der Waals surface area (Å²) in [5.41, 5.74) is -1.59. The fraction of sp³-hybridized carbons (Fsp3) is 0.462. The minimum atomic E-state index is -0.829. The second kappa shape index (κ2) is 5.86. The van der Waals surface area contributed by atoms with Gasteiger partial charge in [0.05, 0.1) is 21.5 Å². The van der Waals surface area contributed by atoms with Gasteiger partial charge in [-0.05, 0) is 12.3 Å². The van der Waals surface area contributed by atoms with Crippen LogP contribution < -0.4 is 0 Å². The van der Waals surface area contributed by atoms with Crippen LogP contribution in [-0.2, 0) is 4.74 Å². The maximum absolute atomic E-state index is 12.0. The molecule has 0 aliphatic heterocycles. The number of esters is 1. The van der Waals surface area contributed by atoms with E-state index in [1.165, 1.54) is 0 Å². The Morgan fingerprint density at radius 1 is 1.10 bits per heavy atom. The van der Waals surface area contributed by atoms with E-state index in [0.29, 0.717) is 0 Å². The van der Waals surface area contributed by atoms with Crippen molar-refractivity contribution in [1.29, 1.82) is 0 Å². The standard InChI is InChI=1S/C13H16N2O6/c1-8(13(2,3)4)21-12(16)9-5-10(14(17)18)7-11(6-9)15(19)20/h5-8H,1-4H3. The van der Waals surface area contributed by atoms with Crippen LogP contribution in [0.4, 0.5) is 11.4 Å². The summed E-state index contributed by atoms with van der Waals surface area (Å²) in [5.74, 6) is -0.829. The highest BCUT2D eigenvalue weighted by molar-refractivity contribution is 5.91. The van der Waals surface area contributed by atoms with Gasteiger partial charge in [-0.1, -0.05) is 20.8 Å². The number of carbonyl (C=O) groups is 1. The predicted molar refractivity (Wildman–Crippen MR) is 74.1 cm³/mol. The van der Waals surface area contributed by atoms with Crippen molar-refractivity contribution in [2.24, 2.45) is 5.41 Å². The molecule has 1 aromatic carbocycles. The van der Waals surface area contributed by atoms with Crippen LogP contribution in [0.2, 0.25) is 0 Å². The Balaban J connectivity index is 3.14. The summed E-state index contributed by atoms with van der Waals surface area (Å²) in [6.45, 7) is 7.27. The molecule has 1 rings (SSSR count). The first-order valence-corrected chi connectivity index (χ1v) is 6.17. The van der Waals surface area contributed by atoms with Crippen LogP contribution in [0.1, 0.15) is 38.1 Å². The van der Waals surface area contributed by atoms with E-state index in [1.807, 2.05) is 20.8 Å². The summed E-state index contributed by atoms with van der Waals surface area (Å²) in [5, 5.41) is 21.5. The molecule has 0 saturated carbocycles. The molecule has 1 aromatic rings. The van der Waals surface area contributed by atoms with Crippen molar-refractivity contribution in [1.82, 2.24) is 0 Å². The van der Waals surface area contributed by atoms with Crippen molar-refractivity contribution in [3.05, 3.63) is 44.0 Å². The Kier molecular flexibility index (Phi) is 4.62. The van der Waals surface area contributed by atoms with Gasteiger partial charge in [0.25, 0.3) is 11.4 Å². The lowest BCUT2D eigenvalue weighted by atomic mass is 9.90. The molecule has 0 N–H and O–H groups in total. The van der Waals surface area contributed by atoms with Gasteiger partial charge in [0.1, 0.15) is 6.10 Å². The monoisotopic (exact) mass is 296 g/mol. The number of non-ortho nitro benzene ring substituents is 2. The molecule has 0 heterocycles. The first kappa shape index (κ1) is 16.5. The molecular formula is C13H16N2O6. The van der Waals surface area contributed by atoms with Crippen molar-refractivity contribution in [3.8, 4) is 0 Å². The summed E-state index contributed by atoms with van der Waals surface area (Å²) in [6, 6.07) is 2.72. The van der Waals surface area contributed by atoms with Crippen molar-refractivity contribution in [2.75, 3.05) is 0 Å². The lowest BCUT2D eigenvalue weighted by Crippen LogP contribution is -2.28. The number of nitro benzene ring substituents is 2. The van der Waals surface area contributed by atoms with Gasteiger partial charge in [0, 0.05) is 12.1 Å². The zero-order valence-corrected chi connectivity index (χ0v) is 12.2. The molecule has 0 fully saturated rings. The van der Waals surface area contributed by atoms with Crippen LogP contribution in [0, 0.1) is 25.6 Å². The van der Waals surface area contributed by atoms with E-state index in [2.05, 4.69) is 0 Å². The molecule has 21 heavy (non-hydrogen) atoms. The summed E-state index contributed by atoms with van der Waals surface area (Å²) < 4.78 is 5.19. The Morgan fingerprint density at radius 3 is 1.86 bits per heavy atom. The molecule has 0 spiro atoms. The lowest BCUT2D eigenvalue weighted by molar-refractivity contribution is -0.394. The Hall–Kier alpha value is -2.51. The van der Waals surface area contributed by atoms with Gasteiger partial charge in [-0.15, -0.1) is 0 Å². The van der Waals surface area contributed by atoms with Crippen molar-refractivity contribution in [2.45, 2.75) is 33.8 Å². The molecule has 0 aromatic heterocycles. The van der Waals surface area contributed by atoms with E-state index in [4.69, 9.17) is 4.74 Å². The second-order valence-electron chi connectivity index (χ2n) is 5.67. The summed E-state index contributed by atoms with van der Waals surface area (Å²) in [7, 11) is 0. The minimum Gasteiger partial charge on any atom is -0.459 e. The average molecular weight is 296 g/mol. The number of hydrogen-bond donors (Lipinski definition) is 0. The third-order valence-electron chi connectivity index (χ3n) is 3.06. The first-order chi connectivity index (χ1) is 9.52. The fourth-order valence-corrected chi connectivity index (χ4v) is 1.33. The number of hydrogen-bond acceptors (Lipinski definition) is 6. The van der Waals surface area contributed by atoms with Gasteiger partial charge in [-0.25, -0.2) is 4.79 Å². The van der Waals surface area contributed by atoms with E-state index >= 15 is 0 Å². The van der Waals surface area contributed by atoms with Crippen LogP contribution >= 0.6 is 0 Å². The maximum atomic E-state index is 12.0. The average Bonchev–Trinajstić information content (AvgIpc) is 2.36. The number of carbonyl (C=O) groups excluding carboxylic acids is 1. The molecule has 1 unspecified atom stereocenters. The number of nitro groups is 2. The minimum absolute atomic E-state index is 0.216. The number of nitrogens with zero attached hydrogens (tertiary/aromatic N) is 2. The third-order valence-corrected chi connectivity index (χ3v) is 3.06. The molecule has 0 aliphatic carbocycles. The quantitative estimate of drug-likeness (QED) is 0.479. The normalized spacial score (nSPS) is 12.6. The van der Waals surface area contributed by atoms with Gasteiger partial charge in [-0.2, -0.15) is 0 Å². The van der Waals surface area contributed by atoms with Crippen LogP contribution in [0.25, 0.3) is 0 Å². The smallest absolute Gasteiger partial charge is 0.338 e. The SMILES string of the molecule is CC(OC(=O)c1cc([N+](=O)[O-])cc([N+](=O)[O-])c1)C(C)(C)C. The largest absolute Gasteiger partial charge is 0.459 e. The Morgan fingerprint density at radius 2 is 1.52 bits per heavy atom. The molecule has 114 valence electrons. The van der Waals surface area contributed by atoms with Crippen LogP contribution in [-0.4, -0.2) is 21.9 Å². The summed E-state index contributed by atoms with van der Waals surface area (Å²) in [6.07, 6.45) is -0.455. The molecule has 0 bridgehead atoms. The van der Waals surface area contributed by atoms with Crippen molar-refractivity contribution >= 4 is 17.3 Å². The Labute approximate surface area is 121 Å². The van der Waals surface area contributed by atoms with Gasteiger partial charge in [0.15, 0.2) is 0 Å². The number of rotatable bonds is 4. The van der Waals surface area contributed by atoms with Gasteiger partial charge < -0.3 is 4.74 Å². The zero-order chi connectivity index (χ0) is 16.4. The van der Waals surface area contributed by atoms with Crippen molar-refractivity contribution in [3.63, 3.8) is 0 Å². The number of ether oxygens (including phenoxy) is 1. The number of benzene rings is 1. The van der Waals surface area contributed by atoms with E-state index < -0.39 is 33.3 Å². The molecule has 0 aliphatic rings. The van der Waals surface area contributed by atoms with Gasteiger partial charge in [0.2, 0.25) is 0 Å². The fourth-order valence-electron chi connectivity index (χ4n) is 1.33. The first-order valence-electron chi connectivity index (χ1n) is 6.17. The van der Waals surface area contributed by atoms with Crippen LogP contribution in [0.5, 0.6) is 0 Å². The van der Waals surface area contributed by atoms with E-state index in [-0.39, 0.29) is 11.0 Å². The maximum Gasteiger partial charge on any atom is 0.338 e. The van der Waals surface area contributed by atoms with E-state index in [0.717, 1.165) is 18.2 Å². The molecule has 0 saturated heterocycles. The summed E-state index contributed by atoms with van der Waals surface area (Å²) >= 11 is 0. The zero-order valence-electron chi connectivity index (χ0n) is 12.2. The second-order valence-corrected chi connectivity index (χ2v) is 5.67. The van der Waals surface area contributed by atoms with Crippen LogP contribution in [0.15, 0.2) is 18.2 Å². The van der Waals surface area contributed by atoms with Crippen molar-refractivity contribution < 1.29 is 19.4 Å². The molecule has 1 atom stereocenters. The highest BCUT2D eigenvalue weighted by atomic mass is 16.6. The molecular weight excluding hydrogens is 280 g/mol. The third kappa shape index (κ3) is 4.23. The van der Waals surface area contributed by atoms with E-state index in [1.54, 1.807) is 6.92 Å². The topological polar surface area (TPSA) is 113 Å². The Bertz CT molecular complexity index is 559.